The summed E-state index contributed by atoms with van der Waals surface area (Å²) < 4.78 is 3.09. The number of halogens is 1. The van der Waals surface area contributed by atoms with Gasteiger partial charge in [-0.1, -0.05) is 30.3 Å². The molecule has 1 unspecified atom stereocenters. The molecule has 0 aliphatic rings. The molecule has 0 spiro atoms. The maximum Gasteiger partial charge on any atom is 0.0731 e. The Kier molecular flexibility index (Phi) is 4.41. The first-order chi connectivity index (χ1) is 10.2. The fourth-order valence-corrected chi connectivity index (χ4v) is 3.62. The lowest BCUT2D eigenvalue weighted by Crippen LogP contribution is -2.04. The van der Waals surface area contributed by atoms with Crippen molar-refractivity contribution in [2.24, 2.45) is 0 Å². The average molecular weight is 362 g/mol. The zero-order chi connectivity index (χ0) is 14.7. The van der Waals surface area contributed by atoms with E-state index < -0.39 is 0 Å². The highest BCUT2D eigenvalue weighted by Gasteiger charge is 2.09. The zero-order valence-electron chi connectivity index (χ0n) is 11.7. The van der Waals surface area contributed by atoms with Crippen molar-refractivity contribution in [1.82, 2.24) is 9.78 Å². The van der Waals surface area contributed by atoms with Crippen molar-refractivity contribution in [3.8, 4) is 0 Å². The van der Waals surface area contributed by atoms with Crippen molar-refractivity contribution in [2.45, 2.75) is 19.5 Å². The summed E-state index contributed by atoms with van der Waals surface area (Å²) in [6.45, 7) is 2.95. The van der Waals surface area contributed by atoms with Gasteiger partial charge in [0, 0.05) is 20.9 Å². The van der Waals surface area contributed by atoms with Crippen LogP contribution in [-0.4, -0.2) is 9.78 Å². The van der Waals surface area contributed by atoms with Crippen LogP contribution < -0.4 is 5.32 Å². The van der Waals surface area contributed by atoms with E-state index in [4.69, 9.17) is 0 Å². The van der Waals surface area contributed by atoms with Gasteiger partial charge in [-0.05, 0) is 34.5 Å². The Labute approximate surface area is 136 Å². The molecule has 2 heterocycles. The number of aromatic nitrogens is 2. The molecule has 0 amide bonds. The lowest BCUT2D eigenvalue weighted by molar-refractivity contribution is 0.687. The lowest BCUT2D eigenvalue weighted by atomic mass is 10.2. The molecule has 21 heavy (non-hydrogen) atoms. The molecule has 1 atom stereocenters. The Balaban J connectivity index is 1.65. The first-order valence-corrected chi connectivity index (χ1v) is 8.45. The molecule has 0 aliphatic carbocycles. The second-order valence-electron chi connectivity index (χ2n) is 4.95. The molecule has 0 bridgehead atoms. The van der Waals surface area contributed by atoms with Gasteiger partial charge in [-0.15, -0.1) is 11.3 Å². The van der Waals surface area contributed by atoms with Gasteiger partial charge in [0.1, 0.15) is 0 Å². The Hall–Kier alpha value is -1.59. The number of nitrogens with zero attached hydrogens (tertiary/aromatic N) is 2. The highest BCUT2D eigenvalue weighted by Crippen LogP contribution is 2.27. The van der Waals surface area contributed by atoms with E-state index in [0.717, 1.165) is 16.7 Å². The largest absolute Gasteiger partial charge is 0.375 e. The second kappa shape index (κ2) is 6.45. The number of hydrogen-bond acceptors (Lipinski definition) is 3. The third kappa shape index (κ3) is 3.74. The third-order valence-corrected chi connectivity index (χ3v) is 5.09. The number of benzene rings is 1. The van der Waals surface area contributed by atoms with Crippen molar-refractivity contribution in [1.29, 1.82) is 0 Å². The minimum atomic E-state index is 0.274. The summed E-state index contributed by atoms with van der Waals surface area (Å²) in [5, 5.41) is 10.00. The van der Waals surface area contributed by atoms with Crippen molar-refractivity contribution in [2.75, 3.05) is 5.32 Å². The molecule has 0 saturated heterocycles. The molecule has 0 radical (unpaired) electrons. The molecule has 1 aromatic carbocycles. The summed E-state index contributed by atoms with van der Waals surface area (Å²) in [7, 11) is 0. The smallest absolute Gasteiger partial charge is 0.0731 e. The normalized spacial score (nSPS) is 12.3. The first kappa shape index (κ1) is 14.4. The Bertz CT molecular complexity index is 705. The van der Waals surface area contributed by atoms with Crippen LogP contribution in [0.4, 0.5) is 5.69 Å². The van der Waals surface area contributed by atoms with E-state index in [-0.39, 0.29) is 6.04 Å². The van der Waals surface area contributed by atoms with Crippen molar-refractivity contribution >= 4 is 33.0 Å². The van der Waals surface area contributed by atoms with E-state index in [9.17, 15) is 0 Å². The molecule has 3 nitrogen and oxygen atoms in total. The summed E-state index contributed by atoms with van der Waals surface area (Å²) >= 11 is 5.24. The SMILES string of the molecule is CC(Nc1cnn(Cc2ccccc2)c1)c1cc(Br)cs1. The number of anilines is 1. The van der Waals surface area contributed by atoms with Crippen LogP contribution in [0.1, 0.15) is 23.4 Å². The summed E-state index contributed by atoms with van der Waals surface area (Å²) in [5.41, 5.74) is 2.30. The Morgan fingerprint density at radius 2 is 2.14 bits per heavy atom. The Morgan fingerprint density at radius 1 is 1.33 bits per heavy atom. The average Bonchev–Trinajstić information content (AvgIpc) is 3.09. The summed E-state index contributed by atoms with van der Waals surface area (Å²) in [6.07, 6.45) is 3.92. The van der Waals surface area contributed by atoms with Crippen LogP contribution in [0.5, 0.6) is 0 Å². The van der Waals surface area contributed by atoms with Gasteiger partial charge in [-0.25, -0.2) is 0 Å². The second-order valence-corrected chi connectivity index (χ2v) is 6.80. The standard InChI is InChI=1S/C16H16BrN3S/c1-12(16-7-14(17)11-21-16)19-15-8-18-20(10-15)9-13-5-3-2-4-6-13/h2-8,10-12,19H,9H2,1H3. The molecule has 0 fully saturated rings. The van der Waals surface area contributed by atoms with Gasteiger partial charge in [0.15, 0.2) is 0 Å². The monoisotopic (exact) mass is 361 g/mol. The van der Waals surface area contributed by atoms with Crippen LogP contribution in [0.2, 0.25) is 0 Å². The molecule has 3 rings (SSSR count). The number of rotatable bonds is 5. The highest BCUT2D eigenvalue weighted by atomic mass is 79.9. The highest BCUT2D eigenvalue weighted by molar-refractivity contribution is 9.10. The third-order valence-electron chi connectivity index (χ3n) is 3.22. The summed E-state index contributed by atoms with van der Waals surface area (Å²) in [5.74, 6) is 0. The van der Waals surface area contributed by atoms with Gasteiger partial charge in [-0.2, -0.15) is 5.10 Å². The van der Waals surface area contributed by atoms with Gasteiger partial charge in [0.2, 0.25) is 0 Å². The van der Waals surface area contributed by atoms with Crippen LogP contribution >= 0.6 is 27.3 Å². The maximum atomic E-state index is 4.41. The molecule has 0 saturated carbocycles. The quantitative estimate of drug-likeness (QED) is 0.698. The van der Waals surface area contributed by atoms with E-state index >= 15 is 0 Å². The van der Waals surface area contributed by atoms with Gasteiger partial charge in [0.25, 0.3) is 0 Å². The molecule has 1 N–H and O–H groups in total. The molecule has 5 heteroatoms. The van der Waals surface area contributed by atoms with Gasteiger partial charge >= 0.3 is 0 Å². The number of thiophene rings is 1. The summed E-state index contributed by atoms with van der Waals surface area (Å²) in [4.78, 5) is 1.30. The maximum absolute atomic E-state index is 4.41. The number of nitrogens with one attached hydrogen (secondary N) is 1. The van der Waals surface area contributed by atoms with Crippen molar-refractivity contribution in [3.05, 3.63) is 69.1 Å². The fraction of sp³-hybridized carbons (Fsp3) is 0.188. The van der Waals surface area contributed by atoms with Crippen LogP contribution in [0, 0.1) is 0 Å². The summed E-state index contributed by atoms with van der Waals surface area (Å²) in [6, 6.07) is 12.8. The van der Waals surface area contributed by atoms with E-state index in [1.165, 1.54) is 10.4 Å². The van der Waals surface area contributed by atoms with Crippen LogP contribution in [0.25, 0.3) is 0 Å². The molecule has 3 aromatic rings. The van der Waals surface area contributed by atoms with E-state index in [1.54, 1.807) is 11.3 Å². The van der Waals surface area contributed by atoms with Crippen molar-refractivity contribution in [3.63, 3.8) is 0 Å². The fourth-order valence-electron chi connectivity index (χ4n) is 2.17. The van der Waals surface area contributed by atoms with Crippen LogP contribution in [0.15, 0.2) is 58.6 Å². The predicted molar refractivity (Wildman–Crippen MR) is 91.8 cm³/mol. The molecule has 2 aromatic heterocycles. The van der Waals surface area contributed by atoms with Gasteiger partial charge < -0.3 is 5.32 Å². The van der Waals surface area contributed by atoms with Crippen molar-refractivity contribution < 1.29 is 0 Å². The van der Waals surface area contributed by atoms with E-state index in [2.05, 4.69) is 69.0 Å². The molecular formula is C16H16BrN3S. The molecular weight excluding hydrogens is 346 g/mol. The minimum absolute atomic E-state index is 0.274. The predicted octanol–water partition coefficient (Wildman–Crippen LogP) is 4.93. The topological polar surface area (TPSA) is 29.9 Å². The van der Waals surface area contributed by atoms with Gasteiger partial charge in [0.05, 0.1) is 24.5 Å². The van der Waals surface area contributed by atoms with E-state index in [0.29, 0.717) is 0 Å². The van der Waals surface area contributed by atoms with Gasteiger partial charge in [-0.3, -0.25) is 4.68 Å². The lowest BCUT2D eigenvalue weighted by Gasteiger charge is -2.11. The van der Waals surface area contributed by atoms with Crippen LogP contribution in [-0.2, 0) is 6.54 Å². The first-order valence-electron chi connectivity index (χ1n) is 6.77. The molecule has 0 aliphatic heterocycles. The molecule has 108 valence electrons. The minimum Gasteiger partial charge on any atom is -0.375 e. The Morgan fingerprint density at radius 3 is 2.86 bits per heavy atom. The van der Waals surface area contributed by atoms with Crippen LogP contribution in [0.3, 0.4) is 0 Å². The van der Waals surface area contributed by atoms with E-state index in [1.807, 2.05) is 23.1 Å². The number of hydrogen-bond donors (Lipinski definition) is 1. The zero-order valence-corrected chi connectivity index (χ0v) is 14.1.